The maximum Gasteiger partial charge on any atom is 0.0947 e. The molecule has 0 atom stereocenters. The smallest absolute Gasteiger partial charge is 0.0947 e. The monoisotopic (exact) mass is 144 g/mol. The molecule has 0 heterocycles. The lowest BCUT2D eigenvalue weighted by atomic mass is 9.73. The van der Waals surface area contributed by atoms with Gasteiger partial charge in [-0.05, 0) is 24.2 Å². The molecule has 1 rings (SSSR count). The first-order chi connectivity index (χ1) is 4.66. The van der Waals surface area contributed by atoms with Crippen LogP contribution in [0.5, 0.6) is 0 Å². The van der Waals surface area contributed by atoms with Gasteiger partial charge in [0.25, 0.3) is 0 Å². The lowest BCUT2D eigenvalue weighted by Gasteiger charge is -2.33. The van der Waals surface area contributed by atoms with E-state index < -0.39 is 0 Å². The summed E-state index contributed by atoms with van der Waals surface area (Å²) in [5, 5.41) is 0. The van der Waals surface area contributed by atoms with Crippen LogP contribution in [0, 0.1) is 11.3 Å². The van der Waals surface area contributed by atoms with Crippen molar-refractivity contribution in [3.63, 3.8) is 0 Å². The molecule has 0 amide bonds. The summed E-state index contributed by atoms with van der Waals surface area (Å²) in [4.78, 5) is 0. The predicted molar refractivity (Wildman–Crippen MR) is 41.7 cm³/mol. The van der Waals surface area contributed by atoms with E-state index in [1.807, 2.05) is 0 Å². The van der Waals surface area contributed by atoms with E-state index in [1.54, 1.807) is 0 Å². The number of hydrogen-bond acceptors (Lipinski definition) is 0. The van der Waals surface area contributed by atoms with Crippen LogP contribution in [-0.4, -0.2) is 6.67 Å². The Morgan fingerprint density at radius 3 is 2.30 bits per heavy atom. The van der Waals surface area contributed by atoms with Gasteiger partial charge in [0, 0.05) is 0 Å². The van der Waals surface area contributed by atoms with Crippen molar-refractivity contribution in [3.05, 3.63) is 0 Å². The summed E-state index contributed by atoms with van der Waals surface area (Å²) in [6.07, 6.45) is 4.62. The zero-order valence-corrected chi connectivity index (χ0v) is 6.99. The molecule has 0 aromatic rings. The van der Waals surface area contributed by atoms with Crippen LogP contribution >= 0.6 is 0 Å². The molecule has 1 saturated carbocycles. The minimum absolute atomic E-state index is 0.0342. The molecule has 0 saturated heterocycles. The lowest BCUT2D eigenvalue weighted by Crippen LogP contribution is -2.25. The highest BCUT2D eigenvalue weighted by atomic mass is 19.1. The van der Waals surface area contributed by atoms with E-state index in [0.29, 0.717) is 0 Å². The Morgan fingerprint density at radius 2 is 1.90 bits per heavy atom. The molecule has 0 aliphatic heterocycles. The van der Waals surface area contributed by atoms with E-state index in [0.717, 1.165) is 18.8 Å². The highest BCUT2D eigenvalue weighted by molar-refractivity contribution is 4.79. The van der Waals surface area contributed by atoms with Gasteiger partial charge in [-0.1, -0.05) is 26.7 Å². The summed E-state index contributed by atoms with van der Waals surface area (Å²) in [6.45, 7) is 4.20. The summed E-state index contributed by atoms with van der Waals surface area (Å²) in [6, 6.07) is 0. The predicted octanol–water partition coefficient (Wildman–Crippen LogP) is 3.17. The molecule has 0 aromatic carbocycles. The van der Waals surface area contributed by atoms with Gasteiger partial charge in [-0.15, -0.1) is 0 Å². The first kappa shape index (κ1) is 8.03. The van der Waals surface area contributed by atoms with E-state index in [2.05, 4.69) is 13.8 Å². The van der Waals surface area contributed by atoms with Crippen LogP contribution in [0.3, 0.4) is 0 Å². The maximum absolute atomic E-state index is 12.4. The van der Waals surface area contributed by atoms with Crippen molar-refractivity contribution in [1.82, 2.24) is 0 Å². The summed E-state index contributed by atoms with van der Waals surface area (Å²) >= 11 is 0. The van der Waals surface area contributed by atoms with Crippen LogP contribution in [-0.2, 0) is 0 Å². The minimum atomic E-state index is -0.125. The first-order valence-corrected chi connectivity index (χ1v) is 4.22. The van der Waals surface area contributed by atoms with Crippen LogP contribution < -0.4 is 0 Å². The minimum Gasteiger partial charge on any atom is -0.251 e. The molecule has 1 aliphatic rings. The van der Waals surface area contributed by atoms with Gasteiger partial charge in [-0.3, -0.25) is 4.39 Å². The molecule has 0 bridgehead atoms. The molecule has 1 heteroatoms. The largest absolute Gasteiger partial charge is 0.251 e. The average molecular weight is 144 g/mol. The number of hydrogen-bond donors (Lipinski definition) is 0. The zero-order chi connectivity index (χ0) is 7.61. The number of rotatable bonds is 1. The van der Waals surface area contributed by atoms with Crippen LogP contribution in [0.25, 0.3) is 0 Å². The van der Waals surface area contributed by atoms with Gasteiger partial charge in [0.15, 0.2) is 0 Å². The third-order valence-corrected chi connectivity index (χ3v) is 2.80. The molecule has 0 unspecified atom stereocenters. The van der Waals surface area contributed by atoms with Crippen molar-refractivity contribution in [2.75, 3.05) is 6.67 Å². The van der Waals surface area contributed by atoms with Crippen LogP contribution in [0.4, 0.5) is 4.39 Å². The van der Waals surface area contributed by atoms with Crippen LogP contribution in [0.15, 0.2) is 0 Å². The zero-order valence-electron chi connectivity index (χ0n) is 6.99. The second-order valence-electron chi connectivity index (χ2n) is 4.13. The van der Waals surface area contributed by atoms with Gasteiger partial charge in [-0.2, -0.15) is 0 Å². The van der Waals surface area contributed by atoms with Gasteiger partial charge < -0.3 is 0 Å². The molecule has 10 heavy (non-hydrogen) atoms. The fourth-order valence-electron chi connectivity index (χ4n) is 1.59. The average Bonchev–Trinajstić information content (AvgIpc) is 1.96. The number of alkyl halides is 1. The Hall–Kier alpha value is -0.0700. The molecule has 0 nitrogen and oxygen atoms in total. The number of halogens is 1. The van der Waals surface area contributed by atoms with Crippen molar-refractivity contribution in [2.45, 2.75) is 39.5 Å². The Morgan fingerprint density at radius 1 is 1.40 bits per heavy atom. The summed E-state index contributed by atoms with van der Waals surface area (Å²) in [7, 11) is 0. The third kappa shape index (κ3) is 1.71. The standard InChI is InChI=1S/C9H17F/c1-8-3-5-9(2,7-10)6-4-8/h8H,3-7H2,1-2H3. The molecule has 0 N–H and O–H groups in total. The van der Waals surface area contributed by atoms with Crippen molar-refractivity contribution in [1.29, 1.82) is 0 Å². The SMILES string of the molecule is CC1CCC(C)(CF)CC1. The Labute approximate surface area is 62.8 Å². The van der Waals surface area contributed by atoms with Crippen molar-refractivity contribution >= 4 is 0 Å². The van der Waals surface area contributed by atoms with Gasteiger partial charge >= 0.3 is 0 Å². The fraction of sp³-hybridized carbons (Fsp3) is 1.00. The summed E-state index contributed by atoms with van der Waals surface area (Å²) in [5.41, 5.74) is 0.0342. The molecular weight excluding hydrogens is 127 g/mol. The van der Waals surface area contributed by atoms with Gasteiger partial charge in [0.2, 0.25) is 0 Å². The molecule has 0 spiro atoms. The highest BCUT2D eigenvalue weighted by Crippen LogP contribution is 2.38. The third-order valence-electron chi connectivity index (χ3n) is 2.80. The molecule has 60 valence electrons. The van der Waals surface area contributed by atoms with E-state index in [9.17, 15) is 4.39 Å². The Bertz CT molecular complexity index is 101. The molecule has 1 fully saturated rings. The van der Waals surface area contributed by atoms with E-state index >= 15 is 0 Å². The van der Waals surface area contributed by atoms with Gasteiger partial charge in [0.05, 0.1) is 6.67 Å². The highest BCUT2D eigenvalue weighted by Gasteiger charge is 2.29. The van der Waals surface area contributed by atoms with Crippen molar-refractivity contribution in [3.8, 4) is 0 Å². The Balaban J connectivity index is 2.38. The molecular formula is C9H17F. The summed E-state index contributed by atoms with van der Waals surface area (Å²) in [5.74, 6) is 0.833. The maximum atomic E-state index is 12.4. The van der Waals surface area contributed by atoms with E-state index in [1.165, 1.54) is 12.8 Å². The fourth-order valence-corrected chi connectivity index (χ4v) is 1.59. The second-order valence-corrected chi connectivity index (χ2v) is 4.13. The normalized spacial score (nSPS) is 41.7. The lowest BCUT2D eigenvalue weighted by molar-refractivity contribution is 0.135. The van der Waals surface area contributed by atoms with E-state index in [4.69, 9.17) is 0 Å². The van der Waals surface area contributed by atoms with Crippen LogP contribution in [0.2, 0.25) is 0 Å². The van der Waals surface area contributed by atoms with Gasteiger partial charge in [-0.25, -0.2) is 0 Å². The van der Waals surface area contributed by atoms with Crippen molar-refractivity contribution < 1.29 is 4.39 Å². The first-order valence-electron chi connectivity index (χ1n) is 4.22. The second kappa shape index (κ2) is 2.89. The topological polar surface area (TPSA) is 0 Å². The molecule has 0 aromatic heterocycles. The quantitative estimate of drug-likeness (QED) is 0.530. The molecule has 0 radical (unpaired) electrons. The Kier molecular flexibility index (Phi) is 2.32. The summed E-state index contributed by atoms with van der Waals surface area (Å²) < 4.78 is 12.4. The van der Waals surface area contributed by atoms with Crippen molar-refractivity contribution in [2.24, 2.45) is 11.3 Å². The van der Waals surface area contributed by atoms with Crippen LogP contribution in [0.1, 0.15) is 39.5 Å². The van der Waals surface area contributed by atoms with E-state index in [-0.39, 0.29) is 12.1 Å². The van der Waals surface area contributed by atoms with Gasteiger partial charge in [0.1, 0.15) is 0 Å². The molecule has 1 aliphatic carbocycles.